The molecule has 3 heterocycles. The van der Waals surface area contributed by atoms with Crippen molar-refractivity contribution in [1.29, 1.82) is 0 Å². The predicted molar refractivity (Wildman–Crippen MR) is 110 cm³/mol. The number of halogens is 1. The second-order valence-electron chi connectivity index (χ2n) is 6.12. The molecular weight excluding hydrogens is 426 g/mol. The van der Waals surface area contributed by atoms with Crippen molar-refractivity contribution in [2.75, 3.05) is 0 Å². The Bertz CT molecular complexity index is 1430. The van der Waals surface area contributed by atoms with E-state index < -0.39 is 0 Å². The van der Waals surface area contributed by atoms with Crippen molar-refractivity contribution < 1.29 is 4.42 Å². The molecule has 0 fully saturated rings. The summed E-state index contributed by atoms with van der Waals surface area (Å²) in [6, 6.07) is 15.6. The highest BCUT2D eigenvalue weighted by Gasteiger charge is 2.18. The molecule has 5 rings (SSSR count). The van der Waals surface area contributed by atoms with Crippen LogP contribution in [0.1, 0.15) is 11.1 Å². The second-order valence-corrected chi connectivity index (χ2v) is 7.98. The summed E-state index contributed by atoms with van der Waals surface area (Å²) < 4.78 is 8.78. The van der Waals surface area contributed by atoms with Gasteiger partial charge in [0.05, 0.1) is 4.53 Å². The number of aromatic nitrogens is 3. The number of fused-ring (bicyclic) bond motifs is 2. The van der Waals surface area contributed by atoms with Crippen molar-refractivity contribution >= 4 is 49.3 Å². The van der Waals surface area contributed by atoms with E-state index in [2.05, 4.69) is 26.0 Å². The number of nitrogens with zero attached hydrogens (tertiary/aromatic N) is 3. The summed E-state index contributed by atoms with van der Waals surface area (Å²) in [7, 11) is 0. The molecular formula is C20H12BrN3O2S. The minimum Gasteiger partial charge on any atom is -0.452 e. The van der Waals surface area contributed by atoms with Gasteiger partial charge in [-0.25, -0.2) is 0 Å². The average Bonchev–Trinajstić information content (AvgIpc) is 3.31. The number of rotatable bonds is 2. The van der Waals surface area contributed by atoms with E-state index in [1.54, 1.807) is 0 Å². The average molecular weight is 438 g/mol. The van der Waals surface area contributed by atoms with Crippen LogP contribution in [0.4, 0.5) is 0 Å². The molecule has 0 N–H and O–H groups in total. The van der Waals surface area contributed by atoms with E-state index in [-0.39, 0.29) is 5.56 Å². The van der Waals surface area contributed by atoms with Crippen LogP contribution in [0.25, 0.3) is 33.6 Å². The number of thiazole rings is 1. The molecule has 0 aliphatic heterocycles. The number of hydrogen-bond donors (Lipinski definition) is 0. The van der Waals surface area contributed by atoms with E-state index in [0.717, 1.165) is 26.6 Å². The Labute approximate surface area is 165 Å². The molecule has 5 nitrogen and oxygen atoms in total. The zero-order valence-corrected chi connectivity index (χ0v) is 16.5. The normalized spacial score (nSPS) is 12.4. The first-order valence-electron chi connectivity index (χ1n) is 8.26. The SMILES string of the molecule is Cc1c(-c2nc3sc(=Cc4ccccc4Br)c(=O)n3n2)oc2ccccc12. The lowest BCUT2D eigenvalue weighted by atomic mass is 10.1. The van der Waals surface area contributed by atoms with Gasteiger partial charge in [0.25, 0.3) is 5.56 Å². The van der Waals surface area contributed by atoms with Crippen LogP contribution in [0, 0.1) is 6.92 Å². The Morgan fingerprint density at radius 2 is 1.93 bits per heavy atom. The van der Waals surface area contributed by atoms with Crippen LogP contribution in [-0.2, 0) is 0 Å². The molecule has 0 bridgehead atoms. The number of benzene rings is 2. The lowest BCUT2D eigenvalue weighted by molar-refractivity contribution is 0.622. The molecule has 0 aliphatic rings. The fourth-order valence-electron chi connectivity index (χ4n) is 3.05. The molecule has 0 spiro atoms. The van der Waals surface area contributed by atoms with Crippen molar-refractivity contribution in [3.8, 4) is 11.6 Å². The Hall–Kier alpha value is -2.77. The van der Waals surface area contributed by atoms with E-state index in [4.69, 9.17) is 4.42 Å². The number of furan rings is 1. The summed E-state index contributed by atoms with van der Waals surface area (Å²) >= 11 is 4.82. The molecule has 2 aromatic carbocycles. The monoisotopic (exact) mass is 437 g/mol. The summed E-state index contributed by atoms with van der Waals surface area (Å²) in [5.74, 6) is 1.03. The maximum atomic E-state index is 12.7. The van der Waals surface area contributed by atoms with E-state index in [1.165, 1.54) is 15.9 Å². The first kappa shape index (κ1) is 16.4. The highest BCUT2D eigenvalue weighted by molar-refractivity contribution is 9.10. The van der Waals surface area contributed by atoms with Gasteiger partial charge in [-0.1, -0.05) is 63.7 Å². The minimum atomic E-state index is -0.182. The van der Waals surface area contributed by atoms with Gasteiger partial charge in [-0.2, -0.15) is 9.50 Å². The van der Waals surface area contributed by atoms with Crippen LogP contribution in [0.3, 0.4) is 0 Å². The lowest BCUT2D eigenvalue weighted by Crippen LogP contribution is -2.23. The Morgan fingerprint density at radius 3 is 2.70 bits per heavy atom. The van der Waals surface area contributed by atoms with Crippen molar-refractivity contribution in [1.82, 2.24) is 14.6 Å². The largest absolute Gasteiger partial charge is 0.452 e. The van der Waals surface area contributed by atoms with Gasteiger partial charge in [0.1, 0.15) is 5.58 Å². The molecule has 0 amide bonds. The third kappa shape index (κ3) is 2.62. The molecule has 0 unspecified atom stereocenters. The molecule has 0 atom stereocenters. The quantitative estimate of drug-likeness (QED) is 0.415. The molecule has 132 valence electrons. The Kier molecular flexibility index (Phi) is 3.73. The number of aryl methyl sites for hydroxylation is 1. The topological polar surface area (TPSA) is 60.4 Å². The molecule has 3 aromatic heterocycles. The number of hydrogen-bond acceptors (Lipinski definition) is 5. The van der Waals surface area contributed by atoms with Gasteiger partial charge in [-0.15, -0.1) is 5.10 Å². The van der Waals surface area contributed by atoms with Crippen LogP contribution < -0.4 is 10.1 Å². The summed E-state index contributed by atoms with van der Waals surface area (Å²) in [5, 5.41) is 5.43. The fraction of sp³-hybridized carbons (Fsp3) is 0.0500. The van der Waals surface area contributed by atoms with Gasteiger partial charge in [0.2, 0.25) is 10.8 Å². The molecule has 0 saturated carbocycles. The van der Waals surface area contributed by atoms with Crippen molar-refractivity contribution in [2.24, 2.45) is 0 Å². The number of para-hydroxylation sites is 1. The van der Waals surface area contributed by atoms with Crippen molar-refractivity contribution in [2.45, 2.75) is 6.92 Å². The predicted octanol–water partition coefficient (Wildman–Crippen LogP) is 4.18. The Balaban J connectivity index is 1.67. The van der Waals surface area contributed by atoms with Gasteiger partial charge in [-0.05, 0) is 30.7 Å². The fourth-order valence-corrected chi connectivity index (χ4v) is 4.35. The van der Waals surface area contributed by atoms with Crippen LogP contribution in [0.2, 0.25) is 0 Å². The van der Waals surface area contributed by atoms with E-state index in [1.807, 2.05) is 61.5 Å². The smallest absolute Gasteiger partial charge is 0.291 e. The minimum absolute atomic E-state index is 0.182. The van der Waals surface area contributed by atoms with Gasteiger partial charge in [-0.3, -0.25) is 4.79 Å². The molecule has 27 heavy (non-hydrogen) atoms. The first-order valence-corrected chi connectivity index (χ1v) is 9.87. The van der Waals surface area contributed by atoms with Crippen molar-refractivity contribution in [3.63, 3.8) is 0 Å². The summed E-state index contributed by atoms with van der Waals surface area (Å²) in [6.07, 6.45) is 1.85. The highest BCUT2D eigenvalue weighted by atomic mass is 79.9. The van der Waals surface area contributed by atoms with Gasteiger partial charge >= 0.3 is 0 Å². The molecule has 0 radical (unpaired) electrons. The summed E-state index contributed by atoms with van der Waals surface area (Å²) in [6.45, 7) is 1.97. The molecule has 7 heteroatoms. The third-order valence-electron chi connectivity index (χ3n) is 4.42. The first-order chi connectivity index (χ1) is 13.1. The zero-order valence-electron chi connectivity index (χ0n) is 14.1. The Morgan fingerprint density at radius 1 is 1.15 bits per heavy atom. The van der Waals surface area contributed by atoms with E-state index in [9.17, 15) is 4.79 Å². The molecule has 0 saturated heterocycles. The van der Waals surface area contributed by atoms with Crippen LogP contribution in [-0.4, -0.2) is 14.6 Å². The van der Waals surface area contributed by atoms with Crippen molar-refractivity contribution in [3.05, 3.63) is 79.0 Å². The van der Waals surface area contributed by atoms with Gasteiger partial charge in [0.15, 0.2) is 5.76 Å². The summed E-state index contributed by atoms with van der Waals surface area (Å²) in [5.41, 5.74) is 2.51. The lowest BCUT2D eigenvalue weighted by Gasteiger charge is -1.94. The molecule has 5 aromatic rings. The maximum absolute atomic E-state index is 12.7. The van der Waals surface area contributed by atoms with Crippen LogP contribution in [0.5, 0.6) is 0 Å². The van der Waals surface area contributed by atoms with Crippen LogP contribution >= 0.6 is 27.3 Å². The second kappa shape index (κ2) is 6.14. The highest BCUT2D eigenvalue weighted by Crippen LogP contribution is 2.31. The molecule has 0 aliphatic carbocycles. The third-order valence-corrected chi connectivity index (χ3v) is 6.10. The maximum Gasteiger partial charge on any atom is 0.291 e. The van der Waals surface area contributed by atoms with Gasteiger partial charge in [0, 0.05) is 15.4 Å². The summed E-state index contributed by atoms with van der Waals surface area (Å²) in [4.78, 5) is 17.8. The van der Waals surface area contributed by atoms with Gasteiger partial charge < -0.3 is 4.42 Å². The van der Waals surface area contributed by atoms with E-state index in [0.29, 0.717) is 21.1 Å². The van der Waals surface area contributed by atoms with Crippen LogP contribution in [0.15, 0.2) is 62.2 Å². The zero-order chi connectivity index (χ0) is 18.5. The standard InChI is InChI=1S/C20H12BrN3O2S/c1-11-13-7-3-5-9-15(13)26-17(11)18-22-20-24(23-18)19(25)16(27-20)10-12-6-2-4-8-14(12)21/h2-10H,1H3. The van der Waals surface area contributed by atoms with E-state index >= 15 is 0 Å².